The van der Waals surface area contributed by atoms with Crippen molar-refractivity contribution in [3.05, 3.63) is 0 Å². The number of amidine groups is 1. The van der Waals surface area contributed by atoms with Crippen molar-refractivity contribution in [1.82, 2.24) is 15.5 Å². The van der Waals surface area contributed by atoms with Gasteiger partial charge in [0.25, 0.3) is 0 Å². The molecule has 0 aromatic heterocycles. The second-order valence-electron chi connectivity index (χ2n) is 11.4. The monoisotopic (exact) mass is 525 g/mol. The number of amides is 3. The van der Waals surface area contributed by atoms with Gasteiger partial charge in [0.2, 0.25) is 11.8 Å². The van der Waals surface area contributed by atoms with Crippen LogP contribution >= 0.6 is 11.8 Å². The molecular formula is C26H47N5O4S. The van der Waals surface area contributed by atoms with Crippen LogP contribution < -0.4 is 16.4 Å². The Morgan fingerprint density at radius 1 is 1.11 bits per heavy atom. The van der Waals surface area contributed by atoms with Gasteiger partial charge in [-0.3, -0.25) is 15.0 Å². The highest BCUT2D eigenvalue weighted by Crippen LogP contribution is 2.34. The molecule has 2 aliphatic rings. The third-order valence-electron chi connectivity index (χ3n) is 6.98. The summed E-state index contributed by atoms with van der Waals surface area (Å²) in [4.78, 5) is 41.1. The van der Waals surface area contributed by atoms with Crippen molar-refractivity contribution < 1.29 is 19.1 Å². The number of nitrogens with zero attached hydrogens (tertiary/aromatic N) is 1. The van der Waals surface area contributed by atoms with Gasteiger partial charge in [0, 0.05) is 23.8 Å². The Morgan fingerprint density at radius 2 is 1.75 bits per heavy atom. The van der Waals surface area contributed by atoms with Crippen LogP contribution in [0.3, 0.4) is 0 Å². The maximum atomic E-state index is 13.8. The fourth-order valence-electron chi connectivity index (χ4n) is 5.12. The number of nitrogens with one attached hydrogen (secondary N) is 3. The number of thioether (sulfide) groups is 1. The zero-order chi connectivity index (χ0) is 27.0. The summed E-state index contributed by atoms with van der Waals surface area (Å²) in [5.41, 5.74) is 5.64. The lowest BCUT2D eigenvalue weighted by atomic mass is 9.81. The number of hydrogen-bond donors (Lipinski definition) is 4. The number of carbonyl (C=O) groups is 3. The summed E-state index contributed by atoms with van der Waals surface area (Å²) < 4.78 is 4.72. The molecule has 2 fully saturated rings. The minimum absolute atomic E-state index is 0.134. The van der Waals surface area contributed by atoms with E-state index in [1.807, 2.05) is 27.7 Å². The van der Waals surface area contributed by atoms with E-state index in [-0.39, 0.29) is 41.3 Å². The van der Waals surface area contributed by atoms with Crippen molar-refractivity contribution in [2.24, 2.45) is 23.5 Å². The molecule has 0 aromatic rings. The summed E-state index contributed by atoms with van der Waals surface area (Å²) in [6.07, 6.45) is 4.37. The summed E-state index contributed by atoms with van der Waals surface area (Å²) in [7, 11) is 0. The van der Waals surface area contributed by atoms with Crippen LogP contribution in [-0.2, 0) is 14.3 Å². The smallest absolute Gasteiger partial charge is 0.407 e. The minimum Gasteiger partial charge on any atom is -0.449 e. The van der Waals surface area contributed by atoms with E-state index in [9.17, 15) is 14.4 Å². The van der Waals surface area contributed by atoms with Crippen LogP contribution in [0, 0.1) is 23.2 Å². The number of ether oxygens (including phenoxy) is 1. The van der Waals surface area contributed by atoms with Gasteiger partial charge in [-0.25, -0.2) is 4.79 Å². The molecule has 0 radical (unpaired) electrons. The normalized spacial score (nSPS) is 23.4. The van der Waals surface area contributed by atoms with Gasteiger partial charge in [-0.2, -0.15) is 11.8 Å². The first-order chi connectivity index (χ1) is 16.8. The minimum atomic E-state index is -0.820. The SMILES string of the molecule is CC(C)COC(=O)N[C@@H](C(=O)N1CCC[C@H]1C(=O)NCC1CCC(C(=N)N)CC1)C(C)(C)SC(C)C. The van der Waals surface area contributed by atoms with Crippen molar-refractivity contribution in [1.29, 1.82) is 5.41 Å². The summed E-state index contributed by atoms with van der Waals surface area (Å²) in [5, 5.41) is 13.8. The summed E-state index contributed by atoms with van der Waals surface area (Å²) in [6.45, 7) is 13.3. The Hall–Kier alpha value is -1.97. The summed E-state index contributed by atoms with van der Waals surface area (Å²) in [6, 6.07) is -1.36. The van der Waals surface area contributed by atoms with E-state index in [0.717, 1.165) is 32.1 Å². The van der Waals surface area contributed by atoms with Gasteiger partial charge < -0.3 is 26.0 Å². The van der Waals surface area contributed by atoms with Crippen molar-refractivity contribution in [2.75, 3.05) is 19.7 Å². The average Bonchev–Trinajstić information content (AvgIpc) is 3.28. The molecule has 206 valence electrons. The molecular weight excluding hydrogens is 478 g/mol. The van der Waals surface area contributed by atoms with Crippen LogP contribution in [0.5, 0.6) is 0 Å². The van der Waals surface area contributed by atoms with E-state index < -0.39 is 22.9 Å². The molecule has 0 spiro atoms. The quantitative estimate of drug-likeness (QED) is 0.241. The van der Waals surface area contributed by atoms with Crippen molar-refractivity contribution in [3.8, 4) is 0 Å². The topological polar surface area (TPSA) is 138 Å². The lowest BCUT2D eigenvalue weighted by Crippen LogP contribution is -2.60. The number of likely N-dealkylation sites (tertiary alicyclic amines) is 1. The van der Waals surface area contributed by atoms with E-state index in [2.05, 4.69) is 24.5 Å². The molecule has 1 saturated heterocycles. The Labute approximate surface area is 220 Å². The maximum Gasteiger partial charge on any atom is 0.407 e. The fraction of sp³-hybridized carbons (Fsp3) is 0.846. The van der Waals surface area contributed by atoms with Crippen LogP contribution in [0.2, 0.25) is 0 Å². The molecule has 1 saturated carbocycles. The Bertz CT molecular complexity index is 780. The van der Waals surface area contributed by atoms with Gasteiger partial charge in [0.05, 0.1) is 12.4 Å². The first kappa shape index (κ1) is 30.3. The predicted octanol–water partition coefficient (Wildman–Crippen LogP) is 3.51. The van der Waals surface area contributed by atoms with Gasteiger partial charge in [0.15, 0.2) is 0 Å². The van der Waals surface area contributed by atoms with E-state index in [4.69, 9.17) is 15.9 Å². The third-order valence-corrected chi connectivity index (χ3v) is 8.30. The molecule has 3 amide bonds. The Morgan fingerprint density at radius 3 is 2.31 bits per heavy atom. The van der Waals surface area contributed by atoms with Crippen LogP contribution in [0.15, 0.2) is 0 Å². The molecule has 1 aliphatic heterocycles. The van der Waals surface area contributed by atoms with Crippen molar-refractivity contribution in [2.45, 2.75) is 102 Å². The van der Waals surface area contributed by atoms with Crippen LogP contribution in [-0.4, -0.2) is 70.4 Å². The molecule has 0 aromatic carbocycles. The molecule has 0 unspecified atom stereocenters. The van der Waals surface area contributed by atoms with E-state index in [0.29, 0.717) is 25.4 Å². The number of carbonyl (C=O) groups excluding carboxylic acids is 3. The second-order valence-corrected chi connectivity index (χ2v) is 13.7. The average molecular weight is 526 g/mol. The van der Waals surface area contributed by atoms with Gasteiger partial charge in [0.1, 0.15) is 12.1 Å². The molecule has 1 aliphatic carbocycles. The molecule has 5 N–H and O–H groups in total. The number of rotatable bonds is 11. The molecule has 1 heterocycles. The van der Waals surface area contributed by atoms with E-state index in [1.54, 1.807) is 16.7 Å². The fourth-order valence-corrected chi connectivity index (χ4v) is 6.63. The van der Waals surface area contributed by atoms with Gasteiger partial charge in [-0.15, -0.1) is 0 Å². The highest BCUT2D eigenvalue weighted by atomic mass is 32.2. The lowest BCUT2D eigenvalue weighted by Gasteiger charge is -2.38. The molecule has 0 bridgehead atoms. The van der Waals surface area contributed by atoms with E-state index >= 15 is 0 Å². The zero-order valence-electron chi connectivity index (χ0n) is 22.9. The molecule has 2 atom stereocenters. The number of alkyl carbamates (subject to hydrolysis) is 1. The lowest BCUT2D eigenvalue weighted by molar-refractivity contribution is -0.140. The van der Waals surface area contributed by atoms with Gasteiger partial charge in [-0.1, -0.05) is 27.7 Å². The molecule has 10 heteroatoms. The maximum absolute atomic E-state index is 13.8. The van der Waals surface area contributed by atoms with Gasteiger partial charge >= 0.3 is 6.09 Å². The first-order valence-electron chi connectivity index (χ1n) is 13.3. The molecule has 36 heavy (non-hydrogen) atoms. The third kappa shape index (κ3) is 8.85. The summed E-state index contributed by atoms with van der Waals surface area (Å²) >= 11 is 1.62. The largest absolute Gasteiger partial charge is 0.449 e. The molecule has 9 nitrogen and oxygen atoms in total. The zero-order valence-corrected chi connectivity index (χ0v) is 23.7. The highest BCUT2D eigenvalue weighted by Gasteiger charge is 2.44. The highest BCUT2D eigenvalue weighted by molar-refractivity contribution is 8.01. The standard InChI is InChI=1S/C26H47N5O4S/c1-16(2)15-35-25(34)30-21(26(5,6)36-17(3)4)24(33)31-13-7-8-20(31)23(32)29-14-18-9-11-19(12-10-18)22(27)28/h16-21H,7-15H2,1-6H3,(H3,27,28)(H,29,32)(H,30,34)/t18?,19?,20-,21-/m0/s1. The van der Waals surface area contributed by atoms with Crippen molar-refractivity contribution in [3.63, 3.8) is 0 Å². The van der Waals surface area contributed by atoms with Crippen LogP contribution in [0.25, 0.3) is 0 Å². The van der Waals surface area contributed by atoms with Crippen LogP contribution in [0.1, 0.15) is 80.1 Å². The Kier molecular flexibility index (Phi) is 11.4. The van der Waals surface area contributed by atoms with Crippen LogP contribution in [0.4, 0.5) is 4.79 Å². The number of hydrogen-bond acceptors (Lipinski definition) is 6. The first-order valence-corrected chi connectivity index (χ1v) is 14.2. The number of nitrogens with two attached hydrogens (primary N) is 1. The van der Waals surface area contributed by atoms with Crippen molar-refractivity contribution >= 4 is 35.5 Å². The van der Waals surface area contributed by atoms with E-state index in [1.165, 1.54) is 0 Å². The molecule has 2 rings (SSSR count). The Balaban J connectivity index is 2.05. The predicted molar refractivity (Wildman–Crippen MR) is 145 cm³/mol. The second kappa shape index (κ2) is 13.5. The summed E-state index contributed by atoms with van der Waals surface area (Å²) in [5.74, 6) is 0.587. The van der Waals surface area contributed by atoms with Gasteiger partial charge in [-0.05, 0) is 69.5 Å².